The van der Waals surface area contributed by atoms with Crippen LogP contribution in [0.4, 0.5) is 0 Å². The monoisotopic (exact) mass is 209 g/mol. The summed E-state index contributed by atoms with van der Waals surface area (Å²) in [4.78, 5) is 31.1. The van der Waals surface area contributed by atoms with Gasteiger partial charge in [0.1, 0.15) is 5.78 Å². The third-order valence-corrected chi connectivity index (χ3v) is 0.939. The second-order valence-corrected chi connectivity index (χ2v) is 2.17. The summed E-state index contributed by atoms with van der Waals surface area (Å²) in [7, 11) is 0. The minimum atomic E-state index is -0.646. The molecule has 0 atom stereocenters. The molecule has 0 saturated heterocycles. The van der Waals surface area contributed by atoms with Crippen molar-refractivity contribution in [3.05, 3.63) is 0 Å². The van der Waals surface area contributed by atoms with Gasteiger partial charge in [-0.2, -0.15) is 0 Å². The van der Waals surface area contributed by atoms with Crippen molar-refractivity contribution in [1.29, 1.82) is 0 Å². The van der Waals surface area contributed by atoms with Crippen LogP contribution < -0.4 is 0 Å². The molecule has 0 aromatic rings. The zero-order chi connectivity index (χ0) is 8.85. The molecule has 0 bridgehead atoms. The number of carbonyl (C=O) groups is 3. The Morgan fingerprint density at radius 1 is 1.08 bits per heavy atom. The molecule has 0 aromatic carbocycles. The molecular formula is C7H10O4V. The average Bonchev–Trinajstić information content (AvgIpc) is 1.82. The van der Waals surface area contributed by atoms with Gasteiger partial charge in [-0.15, -0.1) is 0 Å². The molecule has 0 fully saturated rings. The van der Waals surface area contributed by atoms with Crippen molar-refractivity contribution in [2.75, 3.05) is 0 Å². The Bertz CT molecular complexity index is 188. The van der Waals surface area contributed by atoms with Crippen LogP contribution >= 0.6 is 0 Å². The van der Waals surface area contributed by atoms with Gasteiger partial charge >= 0.3 is 11.9 Å². The van der Waals surface area contributed by atoms with Crippen LogP contribution in [0.2, 0.25) is 0 Å². The number of esters is 2. The predicted molar refractivity (Wildman–Crippen MR) is 36.7 cm³/mol. The van der Waals surface area contributed by atoms with E-state index in [0.29, 0.717) is 0 Å². The molecule has 0 rings (SSSR count). The second-order valence-electron chi connectivity index (χ2n) is 2.17. The van der Waals surface area contributed by atoms with Crippen molar-refractivity contribution in [2.45, 2.75) is 26.7 Å². The molecule has 0 aromatic heterocycles. The summed E-state index contributed by atoms with van der Waals surface area (Å²) in [6.45, 7) is 2.52. The fraction of sp³-hybridized carbons (Fsp3) is 0.571. The smallest absolute Gasteiger partial charge is 0.313 e. The molecule has 5 heteroatoms. The van der Waals surface area contributed by atoms with Gasteiger partial charge in [-0.1, -0.05) is 0 Å². The van der Waals surface area contributed by atoms with Crippen LogP contribution in [0.25, 0.3) is 0 Å². The minimum Gasteiger partial charge on any atom is -0.393 e. The fourth-order valence-corrected chi connectivity index (χ4v) is 0.489. The van der Waals surface area contributed by atoms with E-state index < -0.39 is 11.9 Å². The van der Waals surface area contributed by atoms with Crippen LogP contribution in [-0.2, 0) is 37.7 Å². The van der Waals surface area contributed by atoms with Crippen molar-refractivity contribution in [1.82, 2.24) is 0 Å². The Hall–Kier alpha value is -0.606. The Morgan fingerprint density at radius 2 is 1.58 bits per heavy atom. The predicted octanol–water partition coefficient (Wildman–Crippen LogP) is 0.443. The second kappa shape index (κ2) is 7.07. The van der Waals surface area contributed by atoms with Crippen molar-refractivity contribution < 1.29 is 37.7 Å². The van der Waals surface area contributed by atoms with Crippen LogP contribution in [0.1, 0.15) is 26.7 Å². The zero-order valence-electron chi connectivity index (χ0n) is 6.99. The van der Waals surface area contributed by atoms with E-state index in [-0.39, 0.29) is 37.2 Å². The number of rotatable bonds is 3. The number of carbonyl (C=O) groups excluding carboxylic acids is 3. The average molecular weight is 209 g/mol. The molecule has 4 nitrogen and oxygen atoms in total. The molecular weight excluding hydrogens is 199 g/mol. The molecule has 0 unspecified atom stereocenters. The summed E-state index contributed by atoms with van der Waals surface area (Å²) in [6.07, 6.45) is 0.112. The van der Waals surface area contributed by atoms with Crippen LogP contribution in [-0.4, -0.2) is 17.7 Å². The summed E-state index contributed by atoms with van der Waals surface area (Å²) in [6, 6.07) is 0. The molecule has 0 heterocycles. The van der Waals surface area contributed by atoms with E-state index in [1.54, 1.807) is 0 Å². The van der Waals surface area contributed by atoms with Gasteiger partial charge in [0.25, 0.3) is 0 Å². The molecule has 0 saturated carbocycles. The SMILES string of the molecule is CC(=O)CCC(=O)OC(C)=O.[V]. The number of Topliss-reactive ketones (excluding diaryl/α,β-unsaturated/α-hetero) is 1. The van der Waals surface area contributed by atoms with Gasteiger partial charge in [0.05, 0.1) is 6.42 Å². The maximum atomic E-state index is 10.6. The minimum absolute atomic E-state index is 0. The van der Waals surface area contributed by atoms with Gasteiger partial charge in [0.15, 0.2) is 0 Å². The van der Waals surface area contributed by atoms with Crippen LogP contribution in [0.3, 0.4) is 0 Å². The van der Waals surface area contributed by atoms with Gasteiger partial charge in [-0.3, -0.25) is 9.59 Å². The van der Waals surface area contributed by atoms with Crippen LogP contribution in [0.15, 0.2) is 0 Å². The Balaban J connectivity index is 0. The Morgan fingerprint density at radius 3 is 1.92 bits per heavy atom. The number of ketones is 1. The molecule has 0 aliphatic rings. The number of hydrogen-bond donors (Lipinski definition) is 0. The molecule has 0 amide bonds. The third-order valence-electron chi connectivity index (χ3n) is 0.939. The van der Waals surface area contributed by atoms with Crippen LogP contribution in [0.5, 0.6) is 0 Å². The van der Waals surface area contributed by atoms with Crippen molar-refractivity contribution >= 4 is 17.7 Å². The van der Waals surface area contributed by atoms with Crippen molar-refractivity contribution in [2.24, 2.45) is 0 Å². The van der Waals surface area contributed by atoms with E-state index in [9.17, 15) is 14.4 Å². The molecule has 0 aliphatic carbocycles. The van der Waals surface area contributed by atoms with Crippen molar-refractivity contribution in [3.63, 3.8) is 0 Å². The first-order valence-corrected chi connectivity index (χ1v) is 3.23. The first-order chi connectivity index (χ1) is 5.02. The van der Waals surface area contributed by atoms with Crippen molar-refractivity contribution in [3.8, 4) is 0 Å². The quantitative estimate of drug-likeness (QED) is 0.500. The van der Waals surface area contributed by atoms with E-state index in [2.05, 4.69) is 4.74 Å². The van der Waals surface area contributed by atoms with Gasteiger partial charge in [0.2, 0.25) is 0 Å². The summed E-state index contributed by atoms with van der Waals surface area (Å²) in [5, 5.41) is 0. The van der Waals surface area contributed by atoms with E-state index in [0.717, 1.165) is 6.92 Å². The largest absolute Gasteiger partial charge is 0.393 e. The summed E-state index contributed by atoms with van der Waals surface area (Å²) in [5.74, 6) is -1.38. The molecule has 12 heavy (non-hydrogen) atoms. The maximum Gasteiger partial charge on any atom is 0.313 e. The molecule has 0 spiro atoms. The zero-order valence-corrected chi connectivity index (χ0v) is 8.39. The molecule has 0 aliphatic heterocycles. The Kier molecular flexibility index (Phi) is 8.21. The summed E-state index contributed by atoms with van der Waals surface area (Å²) < 4.78 is 4.17. The summed E-state index contributed by atoms with van der Waals surface area (Å²) >= 11 is 0. The van der Waals surface area contributed by atoms with E-state index in [1.807, 2.05) is 0 Å². The number of ether oxygens (including phenoxy) is 1. The Labute approximate surface area is 82.5 Å². The first kappa shape index (κ1) is 13.9. The van der Waals surface area contributed by atoms with Gasteiger partial charge in [0, 0.05) is 31.9 Å². The number of hydrogen-bond acceptors (Lipinski definition) is 4. The third kappa shape index (κ3) is 9.39. The fourth-order valence-electron chi connectivity index (χ4n) is 0.489. The van der Waals surface area contributed by atoms with Crippen LogP contribution in [0, 0.1) is 0 Å². The van der Waals surface area contributed by atoms with E-state index in [1.165, 1.54) is 6.92 Å². The standard InChI is InChI=1S/C7H10O4.V/c1-5(8)3-4-7(10)11-6(2)9;/h3-4H2,1-2H3;. The molecule has 67 valence electrons. The molecule has 0 N–H and O–H groups in total. The summed E-state index contributed by atoms with van der Waals surface area (Å²) in [5.41, 5.74) is 0. The van der Waals surface area contributed by atoms with Gasteiger partial charge < -0.3 is 9.53 Å². The molecule has 1 radical (unpaired) electrons. The topological polar surface area (TPSA) is 60.4 Å². The van der Waals surface area contributed by atoms with Gasteiger partial charge in [-0.05, 0) is 6.92 Å². The maximum absolute atomic E-state index is 10.6. The van der Waals surface area contributed by atoms with Gasteiger partial charge in [-0.25, -0.2) is 0 Å². The van der Waals surface area contributed by atoms with E-state index >= 15 is 0 Å². The first-order valence-electron chi connectivity index (χ1n) is 3.23. The normalized spacial score (nSPS) is 8.17. The van der Waals surface area contributed by atoms with E-state index in [4.69, 9.17) is 0 Å².